The number of nitrogens with one attached hydrogen (secondary N) is 1. The lowest BCUT2D eigenvalue weighted by atomic mass is 9.88. The molecular formula is C12H13ClF3N. The topological polar surface area (TPSA) is 12.0 Å². The number of benzene rings is 1. The second-order valence-electron chi connectivity index (χ2n) is 4.27. The lowest BCUT2D eigenvalue weighted by molar-refractivity contribution is -0.138. The van der Waals surface area contributed by atoms with Crippen LogP contribution in [0.15, 0.2) is 18.2 Å². The number of halogens is 4. The van der Waals surface area contributed by atoms with Crippen LogP contribution in [0.3, 0.4) is 0 Å². The highest BCUT2D eigenvalue weighted by Gasteiger charge is 2.35. The van der Waals surface area contributed by atoms with E-state index in [2.05, 4.69) is 5.32 Å². The van der Waals surface area contributed by atoms with Crippen molar-refractivity contribution in [3.8, 4) is 0 Å². The van der Waals surface area contributed by atoms with Gasteiger partial charge in [0.1, 0.15) is 0 Å². The molecule has 1 atom stereocenters. The smallest absolute Gasteiger partial charge is 0.316 e. The van der Waals surface area contributed by atoms with Crippen LogP contribution in [0, 0.1) is 0 Å². The van der Waals surface area contributed by atoms with Crippen molar-refractivity contribution in [3.63, 3.8) is 0 Å². The highest BCUT2D eigenvalue weighted by Crippen LogP contribution is 2.38. The van der Waals surface area contributed by atoms with E-state index in [1.165, 1.54) is 12.1 Å². The van der Waals surface area contributed by atoms with Gasteiger partial charge in [0.2, 0.25) is 0 Å². The monoisotopic (exact) mass is 263 g/mol. The number of hydrogen-bond donors (Lipinski definition) is 1. The molecule has 0 radical (unpaired) electrons. The Balaban J connectivity index is 2.39. The lowest BCUT2D eigenvalue weighted by Gasteiger charge is -2.26. The van der Waals surface area contributed by atoms with Crippen LogP contribution < -0.4 is 5.32 Å². The summed E-state index contributed by atoms with van der Waals surface area (Å²) in [4.78, 5) is 0. The summed E-state index contributed by atoms with van der Waals surface area (Å²) in [5.41, 5.74) is -0.243. The third-order valence-corrected chi connectivity index (χ3v) is 3.29. The van der Waals surface area contributed by atoms with Crippen molar-refractivity contribution >= 4 is 11.6 Å². The minimum atomic E-state index is -4.31. The van der Waals surface area contributed by atoms with Crippen LogP contribution in [0.25, 0.3) is 0 Å². The van der Waals surface area contributed by atoms with Gasteiger partial charge in [-0.05, 0) is 49.1 Å². The summed E-state index contributed by atoms with van der Waals surface area (Å²) in [6.45, 7) is 1.46. The summed E-state index contributed by atoms with van der Waals surface area (Å²) in [6, 6.07) is 3.82. The van der Waals surface area contributed by atoms with E-state index in [1.54, 1.807) is 0 Å². The molecule has 1 aromatic rings. The number of piperidine rings is 1. The third-order valence-electron chi connectivity index (χ3n) is 3.06. The van der Waals surface area contributed by atoms with Gasteiger partial charge in [-0.1, -0.05) is 11.6 Å². The zero-order valence-corrected chi connectivity index (χ0v) is 9.91. The largest absolute Gasteiger partial charge is 0.416 e. The molecule has 0 amide bonds. The molecule has 1 fully saturated rings. The molecule has 0 aliphatic carbocycles. The van der Waals surface area contributed by atoms with Crippen LogP contribution in [0.1, 0.15) is 29.9 Å². The minimum absolute atomic E-state index is 0.0981. The standard InChI is InChI=1S/C12H13ClF3N/c13-9-3-4-11(12(14,15)16)10(6-9)8-2-1-5-17-7-8/h3-4,6,8,17H,1-2,5,7H2/t8-/m0/s1. The zero-order chi connectivity index (χ0) is 12.5. The van der Waals surface area contributed by atoms with Gasteiger partial charge in [-0.15, -0.1) is 0 Å². The second kappa shape index (κ2) is 4.86. The van der Waals surface area contributed by atoms with Crippen LogP contribution >= 0.6 is 11.6 Å². The van der Waals surface area contributed by atoms with Gasteiger partial charge in [0.05, 0.1) is 5.56 Å². The molecule has 94 valence electrons. The maximum Gasteiger partial charge on any atom is 0.416 e. The molecule has 1 saturated heterocycles. The van der Waals surface area contributed by atoms with Gasteiger partial charge < -0.3 is 5.32 Å². The fourth-order valence-electron chi connectivity index (χ4n) is 2.25. The molecule has 1 aliphatic rings. The van der Waals surface area contributed by atoms with Gasteiger partial charge >= 0.3 is 6.18 Å². The molecule has 0 aromatic heterocycles. The number of alkyl halides is 3. The van der Waals surface area contributed by atoms with Gasteiger partial charge in [-0.3, -0.25) is 0 Å². The first-order chi connectivity index (χ1) is 7.98. The lowest BCUT2D eigenvalue weighted by Crippen LogP contribution is -2.29. The predicted octanol–water partition coefficient (Wildman–Crippen LogP) is 3.83. The molecule has 0 bridgehead atoms. The second-order valence-corrected chi connectivity index (χ2v) is 4.71. The quantitative estimate of drug-likeness (QED) is 0.812. The molecule has 0 saturated carbocycles. The minimum Gasteiger partial charge on any atom is -0.316 e. The van der Waals surface area contributed by atoms with Crippen molar-refractivity contribution in [1.82, 2.24) is 5.32 Å². The van der Waals surface area contributed by atoms with E-state index >= 15 is 0 Å². The first-order valence-corrected chi connectivity index (χ1v) is 5.93. The van der Waals surface area contributed by atoms with E-state index in [9.17, 15) is 13.2 Å². The van der Waals surface area contributed by atoms with Crippen molar-refractivity contribution < 1.29 is 13.2 Å². The summed E-state index contributed by atoms with van der Waals surface area (Å²) in [5, 5.41) is 3.48. The fourth-order valence-corrected chi connectivity index (χ4v) is 2.43. The van der Waals surface area contributed by atoms with E-state index in [1.807, 2.05) is 0 Å². The van der Waals surface area contributed by atoms with Crippen LogP contribution in [0.4, 0.5) is 13.2 Å². The summed E-state index contributed by atoms with van der Waals surface area (Å²) >= 11 is 5.80. The van der Waals surface area contributed by atoms with Crippen molar-refractivity contribution in [3.05, 3.63) is 34.3 Å². The van der Waals surface area contributed by atoms with E-state index in [0.717, 1.165) is 25.5 Å². The Bertz CT molecular complexity index is 397. The molecular weight excluding hydrogens is 251 g/mol. The molecule has 5 heteroatoms. The van der Waals surface area contributed by atoms with Crippen molar-refractivity contribution in [2.24, 2.45) is 0 Å². The Morgan fingerprint density at radius 2 is 2.06 bits per heavy atom. The van der Waals surface area contributed by atoms with Gasteiger partial charge in [-0.2, -0.15) is 13.2 Å². The molecule has 1 aromatic carbocycles. The SMILES string of the molecule is FC(F)(F)c1ccc(Cl)cc1[C@H]1CCCNC1. The zero-order valence-electron chi connectivity index (χ0n) is 9.15. The Morgan fingerprint density at radius 3 is 2.65 bits per heavy atom. The molecule has 1 nitrogen and oxygen atoms in total. The third kappa shape index (κ3) is 2.93. The van der Waals surface area contributed by atoms with E-state index in [0.29, 0.717) is 17.1 Å². The van der Waals surface area contributed by atoms with E-state index < -0.39 is 11.7 Å². The van der Waals surface area contributed by atoms with Crippen LogP contribution in [-0.4, -0.2) is 13.1 Å². The Morgan fingerprint density at radius 1 is 1.29 bits per heavy atom. The Labute approximate surface area is 103 Å². The highest BCUT2D eigenvalue weighted by molar-refractivity contribution is 6.30. The van der Waals surface area contributed by atoms with Gasteiger partial charge in [0, 0.05) is 11.6 Å². The molecule has 17 heavy (non-hydrogen) atoms. The van der Waals surface area contributed by atoms with Crippen molar-refractivity contribution in [1.29, 1.82) is 0 Å². The van der Waals surface area contributed by atoms with Gasteiger partial charge in [0.25, 0.3) is 0 Å². The van der Waals surface area contributed by atoms with Crippen LogP contribution in [0.2, 0.25) is 5.02 Å². The van der Waals surface area contributed by atoms with Gasteiger partial charge in [0.15, 0.2) is 0 Å². The molecule has 0 spiro atoms. The van der Waals surface area contributed by atoms with E-state index in [-0.39, 0.29) is 5.92 Å². The molecule has 1 heterocycles. The molecule has 1 aliphatic heterocycles. The summed E-state index contributed by atoms with van der Waals surface area (Å²) in [6.07, 6.45) is -2.64. The first-order valence-electron chi connectivity index (χ1n) is 5.56. The Hall–Kier alpha value is -0.740. The summed E-state index contributed by atoms with van der Waals surface area (Å²) < 4.78 is 38.6. The van der Waals surface area contributed by atoms with Crippen LogP contribution in [0.5, 0.6) is 0 Å². The predicted molar refractivity (Wildman–Crippen MR) is 61.3 cm³/mol. The number of hydrogen-bond acceptors (Lipinski definition) is 1. The average Bonchev–Trinajstić information content (AvgIpc) is 2.28. The molecule has 2 rings (SSSR count). The first kappa shape index (κ1) is 12.7. The van der Waals surface area contributed by atoms with Crippen molar-refractivity contribution in [2.75, 3.05) is 13.1 Å². The normalized spacial score (nSPS) is 21.5. The average molecular weight is 264 g/mol. The van der Waals surface area contributed by atoms with Crippen LogP contribution in [-0.2, 0) is 6.18 Å². The number of rotatable bonds is 1. The molecule has 0 unspecified atom stereocenters. The van der Waals surface area contributed by atoms with Gasteiger partial charge in [-0.25, -0.2) is 0 Å². The summed E-state index contributed by atoms with van der Waals surface area (Å²) in [7, 11) is 0. The Kier molecular flexibility index (Phi) is 3.64. The van der Waals surface area contributed by atoms with E-state index in [4.69, 9.17) is 11.6 Å². The fraction of sp³-hybridized carbons (Fsp3) is 0.500. The summed E-state index contributed by atoms with van der Waals surface area (Å²) in [5.74, 6) is -0.0981. The molecule has 1 N–H and O–H groups in total. The van der Waals surface area contributed by atoms with Crippen molar-refractivity contribution in [2.45, 2.75) is 24.9 Å². The maximum atomic E-state index is 12.9. The highest BCUT2D eigenvalue weighted by atomic mass is 35.5. The maximum absolute atomic E-state index is 12.9.